The molecule has 82 valence electrons. The van der Waals surface area contributed by atoms with E-state index in [1.807, 2.05) is 0 Å². The Bertz CT molecular complexity index is 487. The van der Waals surface area contributed by atoms with Crippen molar-refractivity contribution in [1.29, 1.82) is 0 Å². The molecule has 0 aliphatic rings. The minimum Gasteiger partial charge on any atom is -0.293 e. The zero-order chi connectivity index (χ0) is 11.4. The van der Waals surface area contributed by atoms with Gasteiger partial charge in [0.15, 0.2) is 10.1 Å². The first-order chi connectivity index (χ1) is 7.75. The molecule has 0 aliphatic carbocycles. The second-order valence-electron chi connectivity index (χ2n) is 2.93. The lowest BCUT2D eigenvalue weighted by molar-refractivity contribution is 0.102. The van der Waals surface area contributed by atoms with E-state index in [1.54, 1.807) is 6.07 Å². The van der Waals surface area contributed by atoms with Crippen molar-refractivity contribution in [2.24, 2.45) is 0 Å². The summed E-state index contributed by atoms with van der Waals surface area (Å²) in [6.45, 7) is 0. The average molecular weight is 254 g/mol. The van der Waals surface area contributed by atoms with Gasteiger partial charge >= 0.3 is 0 Å². The molecule has 0 saturated carbocycles. The molecule has 0 amide bonds. The zero-order valence-corrected chi connectivity index (χ0v) is 9.72. The predicted octanol–water partition coefficient (Wildman–Crippen LogP) is 2.65. The van der Waals surface area contributed by atoms with Crippen LogP contribution in [0.5, 0.6) is 0 Å². The summed E-state index contributed by atoms with van der Waals surface area (Å²) in [5.41, 5.74) is 0.386. The van der Waals surface area contributed by atoms with Crippen molar-refractivity contribution in [2.45, 2.75) is 4.34 Å². The Kier molecular flexibility index (Phi) is 3.63. The first kappa shape index (κ1) is 11.2. The summed E-state index contributed by atoms with van der Waals surface area (Å²) < 4.78 is 17.4. The SMILES string of the molecule is O=C(CSc1ncns1)c1cccc(F)c1. The van der Waals surface area contributed by atoms with Crippen molar-refractivity contribution in [3.8, 4) is 0 Å². The van der Waals surface area contributed by atoms with E-state index in [0.717, 1.165) is 4.34 Å². The fourth-order valence-corrected chi connectivity index (χ4v) is 2.44. The largest absolute Gasteiger partial charge is 0.293 e. The molecule has 0 N–H and O–H groups in total. The van der Waals surface area contributed by atoms with Crippen molar-refractivity contribution >= 4 is 29.1 Å². The number of nitrogens with zero attached hydrogens (tertiary/aromatic N) is 2. The Balaban J connectivity index is 1.98. The lowest BCUT2D eigenvalue weighted by atomic mass is 10.1. The molecule has 0 spiro atoms. The number of benzene rings is 1. The number of carbonyl (C=O) groups excluding carboxylic acids is 1. The third-order valence-corrected chi connectivity index (χ3v) is 3.61. The van der Waals surface area contributed by atoms with Crippen LogP contribution in [0, 0.1) is 5.82 Å². The minimum atomic E-state index is -0.397. The molecule has 0 atom stereocenters. The van der Waals surface area contributed by atoms with Crippen LogP contribution in [-0.2, 0) is 0 Å². The molecule has 1 aromatic heterocycles. The number of Topliss-reactive ketones (excluding diaryl/α,β-unsaturated/α-hetero) is 1. The third kappa shape index (κ3) is 2.86. The first-order valence-electron chi connectivity index (χ1n) is 4.44. The third-order valence-electron chi connectivity index (χ3n) is 1.81. The van der Waals surface area contributed by atoms with Gasteiger partial charge in [0.2, 0.25) is 0 Å². The highest BCUT2D eigenvalue weighted by Gasteiger charge is 2.08. The number of halogens is 1. The predicted molar refractivity (Wildman–Crippen MR) is 61.4 cm³/mol. The zero-order valence-electron chi connectivity index (χ0n) is 8.09. The van der Waals surface area contributed by atoms with E-state index in [2.05, 4.69) is 9.36 Å². The van der Waals surface area contributed by atoms with Crippen molar-refractivity contribution in [2.75, 3.05) is 5.75 Å². The number of rotatable bonds is 4. The summed E-state index contributed by atoms with van der Waals surface area (Å²) >= 11 is 2.55. The average Bonchev–Trinajstić information content (AvgIpc) is 2.78. The number of carbonyl (C=O) groups is 1. The molecular formula is C10H7FN2OS2. The first-order valence-corrected chi connectivity index (χ1v) is 6.20. The molecule has 0 bridgehead atoms. The maximum atomic E-state index is 12.9. The van der Waals surface area contributed by atoms with Gasteiger partial charge in [0.25, 0.3) is 0 Å². The number of hydrogen-bond acceptors (Lipinski definition) is 5. The molecule has 3 nitrogen and oxygen atoms in total. The van der Waals surface area contributed by atoms with Gasteiger partial charge in [-0.1, -0.05) is 23.9 Å². The number of hydrogen-bond donors (Lipinski definition) is 0. The van der Waals surface area contributed by atoms with Crippen molar-refractivity contribution in [3.63, 3.8) is 0 Å². The van der Waals surface area contributed by atoms with Gasteiger partial charge in [-0.25, -0.2) is 9.37 Å². The van der Waals surface area contributed by atoms with Crippen molar-refractivity contribution < 1.29 is 9.18 Å². The van der Waals surface area contributed by atoms with Gasteiger partial charge in [-0.15, -0.1) is 0 Å². The quantitative estimate of drug-likeness (QED) is 0.621. The monoisotopic (exact) mass is 254 g/mol. The van der Waals surface area contributed by atoms with Crippen molar-refractivity contribution in [3.05, 3.63) is 42.0 Å². The summed E-state index contributed by atoms with van der Waals surface area (Å²) in [5.74, 6) is -0.259. The Morgan fingerprint density at radius 2 is 2.38 bits per heavy atom. The standard InChI is InChI=1S/C10H7FN2OS2/c11-8-3-1-2-7(4-8)9(14)5-15-10-12-6-13-16-10/h1-4,6H,5H2. The van der Waals surface area contributed by atoms with Crippen LogP contribution in [0.15, 0.2) is 34.9 Å². The summed E-state index contributed by atoms with van der Waals surface area (Å²) in [4.78, 5) is 15.6. The minimum absolute atomic E-state index is 0.111. The second kappa shape index (κ2) is 5.18. The van der Waals surface area contributed by atoms with Gasteiger partial charge in [0, 0.05) is 5.56 Å². The molecule has 6 heteroatoms. The molecule has 16 heavy (non-hydrogen) atoms. The van der Waals surface area contributed by atoms with Crippen LogP contribution in [0.25, 0.3) is 0 Å². The van der Waals surface area contributed by atoms with E-state index in [9.17, 15) is 9.18 Å². The lowest BCUT2D eigenvalue weighted by Crippen LogP contribution is -2.02. The molecule has 0 fully saturated rings. The van der Waals surface area contributed by atoms with Crippen LogP contribution < -0.4 is 0 Å². The lowest BCUT2D eigenvalue weighted by Gasteiger charge is -1.98. The highest BCUT2D eigenvalue weighted by molar-refractivity contribution is 8.01. The smallest absolute Gasteiger partial charge is 0.173 e. The number of thioether (sulfide) groups is 1. The van der Waals surface area contributed by atoms with Gasteiger partial charge in [-0.05, 0) is 23.7 Å². The normalized spacial score (nSPS) is 10.3. The molecule has 0 aliphatic heterocycles. The van der Waals surface area contributed by atoms with Crippen LogP contribution in [-0.4, -0.2) is 20.9 Å². The molecule has 0 saturated heterocycles. The molecule has 0 unspecified atom stereocenters. The highest BCUT2D eigenvalue weighted by Crippen LogP contribution is 2.19. The topological polar surface area (TPSA) is 42.9 Å². The number of aromatic nitrogens is 2. The Morgan fingerprint density at radius 3 is 3.06 bits per heavy atom. The Labute approximate surface area is 99.9 Å². The second-order valence-corrected chi connectivity index (χ2v) is 4.93. The van der Waals surface area contributed by atoms with Gasteiger partial charge in [0.1, 0.15) is 12.1 Å². The molecule has 2 aromatic rings. The van der Waals surface area contributed by atoms with Crippen molar-refractivity contribution in [1.82, 2.24) is 9.36 Å². The van der Waals surface area contributed by atoms with Gasteiger partial charge in [0.05, 0.1) is 5.75 Å². The summed E-state index contributed by atoms with van der Waals surface area (Å²) in [6, 6.07) is 5.68. The van der Waals surface area contributed by atoms with Crippen LogP contribution in [0.1, 0.15) is 10.4 Å². The van der Waals surface area contributed by atoms with Crippen LogP contribution in [0.4, 0.5) is 4.39 Å². The van der Waals surface area contributed by atoms with E-state index in [1.165, 1.54) is 47.8 Å². The van der Waals surface area contributed by atoms with E-state index in [4.69, 9.17) is 0 Å². The van der Waals surface area contributed by atoms with E-state index < -0.39 is 5.82 Å². The van der Waals surface area contributed by atoms with Crippen LogP contribution in [0.3, 0.4) is 0 Å². The maximum absolute atomic E-state index is 12.9. The molecule has 2 rings (SSSR count). The molecule has 1 heterocycles. The summed E-state index contributed by atoms with van der Waals surface area (Å²) in [7, 11) is 0. The summed E-state index contributed by atoms with van der Waals surface area (Å²) in [5, 5.41) is 0. The van der Waals surface area contributed by atoms with E-state index in [-0.39, 0.29) is 11.5 Å². The molecule has 1 aromatic carbocycles. The Hall–Kier alpha value is -1.27. The van der Waals surface area contributed by atoms with E-state index in [0.29, 0.717) is 5.56 Å². The maximum Gasteiger partial charge on any atom is 0.173 e. The Morgan fingerprint density at radius 1 is 1.50 bits per heavy atom. The number of ketones is 1. The summed E-state index contributed by atoms with van der Waals surface area (Å²) in [6.07, 6.45) is 1.44. The van der Waals surface area contributed by atoms with E-state index >= 15 is 0 Å². The van der Waals surface area contributed by atoms with Gasteiger partial charge < -0.3 is 0 Å². The fraction of sp³-hybridized carbons (Fsp3) is 0.100. The molecular weight excluding hydrogens is 247 g/mol. The van der Waals surface area contributed by atoms with Crippen LogP contribution >= 0.6 is 23.3 Å². The highest BCUT2D eigenvalue weighted by atomic mass is 32.2. The van der Waals surface area contributed by atoms with Gasteiger partial charge in [-0.2, -0.15) is 4.37 Å². The molecule has 0 radical (unpaired) electrons. The van der Waals surface area contributed by atoms with Crippen LogP contribution in [0.2, 0.25) is 0 Å². The van der Waals surface area contributed by atoms with Gasteiger partial charge in [-0.3, -0.25) is 4.79 Å². The fourth-order valence-electron chi connectivity index (χ4n) is 1.10.